The van der Waals surface area contributed by atoms with Crippen molar-refractivity contribution in [2.45, 2.75) is 18.9 Å². The number of nitrogens with zero attached hydrogens (tertiary/aromatic N) is 3. The van der Waals surface area contributed by atoms with Gasteiger partial charge in [0.15, 0.2) is 11.5 Å². The molecule has 2 rings (SSSR count). The van der Waals surface area contributed by atoms with Crippen molar-refractivity contribution in [3.8, 4) is 6.07 Å². The average Bonchev–Trinajstić information content (AvgIpc) is 2.33. The van der Waals surface area contributed by atoms with Crippen molar-refractivity contribution in [1.82, 2.24) is 15.3 Å². The van der Waals surface area contributed by atoms with E-state index in [1.54, 1.807) is 0 Å². The maximum Gasteiger partial charge on any atom is 0.249 e. The Bertz CT molecular complexity index is 508. The highest BCUT2D eigenvalue weighted by Gasteiger charge is 2.27. The number of piperidine rings is 1. The number of hydrogen-bond acceptors (Lipinski definition) is 6. The second kappa shape index (κ2) is 4.57. The molecule has 1 saturated heterocycles. The van der Waals surface area contributed by atoms with E-state index in [0.29, 0.717) is 6.42 Å². The fraction of sp³-hybridized carbons (Fsp3) is 0.300. The maximum atomic E-state index is 11.5. The summed E-state index contributed by atoms with van der Waals surface area (Å²) in [6, 6.07) is 1.32. The summed E-state index contributed by atoms with van der Waals surface area (Å²) in [6.07, 6.45) is 3.47. The first-order valence-electron chi connectivity index (χ1n) is 5.02. The second-order valence-electron chi connectivity index (χ2n) is 3.51. The highest BCUT2D eigenvalue weighted by atomic mass is 16.2. The number of aromatic nitrogens is 2. The van der Waals surface area contributed by atoms with Gasteiger partial charge >= 0.3 is 0 Å². The smallest absolute Gasteiger partial charge is 0.249 e. The van der Waals surface area contributed by atoms with Crippen LogP contribution in [-0.2, 0) is 9.59 Å². The molecule has 2 amide bonds. The normalized spacial score (nSPS) is 19.4. The van der Waals surface area contributed by atoms with Crippen LogP contribution < -0.4 is 10.6 Å². The number of nitrogens with one attached hydrogen (secondary N) is 2. The van der Waals surface area contributed by atoms with Crippen LogP contribution in [0, 0.1) is 11.3 Å². The lowest BCUT2D eigenvalue weighted by molar-refractivity contribution is -0.133. The van der Waals surface area contributed by atoms with E-state index in [2.05, 4.69) is 20.6 Å². The van der Waals surface area contributed by atoms with Crippen molar-refractivity contribution in [3.63, 3.8) is 0 Å². The fourth-order valence-corrected chi connectivity index (χ4v) is 1.52. The number of hydrogen-bond donors (Lipinski definition) is 2. The molecule has 1 fully saturated rings. The molecular weight excluding hydrogens is 222 g/mol. The van der Waals surface area contributed by atoms with Crippen molar-refractivity contribution >= 4 is 17.6 Å². The lowest BCUT2D eigenvalue weighted by Gasteiger charge is -2.22. The Morgan fingerprint density at radius 3 is 2.88 bits per heavy atom. The molecule has 1 aliphatic heterocycles. The highest BCUT2D eigenvalue weighted by molar-refractivity contribution is 6.01. The molecule has 2 heterocycles. The van der Waals surface area contributed by atoms with E-state index in [4.69, 9.17) is 5.26 Å². The highest BCUT2D eigenvalue weighted by Crippen LogP contribution is 2.13. The molecule has 0 bridgehead atoms. The van der Waals surface area contributed by atoms with Gasteiger partial charge < -0.3 is 5.32 Å². The van der Waals surface area contributed by atoms with Crippen LogP contribution in [0.5, 0.6) is 0 Å². The fourth-order valence-electron chi connectivity index (χ4n) is 1.52. The van der Waals surface area contributed by atoms with Crippen molar-refractivity contribution in [1.29, 1.82) is 5.26 Å². The average molecular weight is 231 g/mol. The molecule has 1 aliphatic rings. The van der Waals surface area contributed by atoms with Gasteiger partial charge in [0.1, 0.15) is 12.1 Å². The zero-order chi connectivity index (χ0) is 12.3. The van der Waals surface area contributed by atoms with Gasteiger partial charge in [0.25, 0.3) is 0 Å². The summed E-state index contributed by atoms with van der Waals surface area (Å²) in [4.78, 5) is 30.2. The van der Waals surface area contributed by atoms with Crippen LogP contribution in [0.4, 0.5) is 5.82 Å². The van der Waals surface area contributed by atoms with Crippen LogP contribution in [0.2, 0.25) is 0 Å². The van der Waals surface area contributed by atoms with Gasteiger partial charge in [0.2, 0.25) is 11.8 Å². The summed E-state index contributed by atoms with van der Waals surface area (Å²) >= 11 is 0. The first-order valence-corrected chi connectivity index (χ1v) is 5.02. The molecule has 7 heteroatoms. The summed E-state index contributed by atoms with van der Waals surface area (Å²) in [6.45, 7) is 0. The molecule has 0 radical (unpaired) electrons. The van der Waals surface area contributed by atoms with Crippen LogP contribution in [0.1, 0.15) is 18.5 Å². The molecule has 0 saturated carbocycles. The maximum absolute atomic E-state index is 11.5. The molecule has 7 nitrogen and oxygen atoms in total. The Morgan fingerprint density at radius 1 is 1.41 bits per heavy atom. The minimum Gasteiger partial charge on any atom is -0.356 e. The number of amides is 2. The van der Waals surface area contributed by atoms with Crippen LogP contribution in [-0.4, -0.2) is 27.8 Å². The van der Waals surface area contributed by atoms with Gasteiger partial charge in [-0.1, -0.05) is 0 Å². The molecule has 2 N–H and O–H groups in total. The molecule has 1 aromatic heterocycles. The van der Waals surface area contributed by atoms with Gasteiger partial charge in [-0.05, 0) is 6.42 Å². The van der Waals surface area contributed by atoms with E-state index in [1.807, 2.05) is 6.07 Å². The SMILES string of the molecule is N#Cc1nccnc1NC1CCC(=O)NC1=O. The third-order valence-electron chi connectivity index (χ3n) is 2.35. The largest absolute Gasteiger partial charge is 0.356 e. The van der Waals surface area contributed by atoms with Crippen molar-refractivity contribution in [2.75, 3.05) is 5.32 Å². The third-order valence-corrected chi connectivity index (χ3v) is 2.35. The van der Waals surface area contributed by atoms with Crippen LogP contribution in [0.25, 0.3) is 0 Å². The minimum absolute atomic E-state index is 0.122. The summed E-state index contributed by atoms with van der Waals surface area (Å²) in [5, 5.41) is 13.8. The summed E-state index contributed by atoms with van der Waals surface area (Å²) in [7, 11) is 0. The van der Waals surface area contributed by atoms with E-state index in [9.17, 15) is 9.59 Å². The van der Waals surface area contributed by atoms with Gasteiger partial charge in [0, 0.05) is 18.8 Å². The Balaban J connectivity index is 2.13. The third kappa shape index (κ3) is 2.36. The molecular formula is C10H9N5O2. The Kier molecular flexibility index (Phi) is 2.96. The van der Waals surface area contributed by atoms with Gasteiger partial charge in [-0.15, -0.1) is 0 Å². The summed E-state index contributed by atoms with van der Waals surface area (Å²) in [5.41, 5.74) is 0.122. The standard InChI is InChI=1S/C10H9N5O2/c11-5-7-9(13-4-3-12-7)14-6-1-2-8(16)15-10(6)17/h3-4,6H,1-2H2,(H,13,14)(H,15,16,17). The van der Waals surface area contributed by atoms with Crippen LogP contribution in [0.3, 0.4) is 0 Å². The van der Waals surface area contributed by atoms with E-state index < -0.39 is 11.9 Å². The molecule has 1 aromatic rings. The van der Waals surface area contributed by atoms with Crippen molar-refractivity contribution < 1.29 is 9.59 Å². The molecule has 0 spiro atoms. The molecule has 86 valence electrons. The minimum atomic E-state index is -0.559. The summed E-state index contributed by atoms with van der Waals surface area (Å²) in [5.74, 6) is -0.437. The first kappa shape index (κ1) is 11.0. The molecule has 1 unspecified atom stereocenters. The number of anilines is 1. The number of rotatable bonds is 2. The van der Waals surface area contributed by atoms with Crippen molar-refractivity contribution in [3.05, 3.63) is 18.1 Å². The quantitative estimate of drug-likeness (QED) is 0.668. The second-order valence-corrected chi connectivity index (χ2v) is 3.51. The van der Waals surface area contributed by atoms with E-state index >= 15 is 0 Å². The molecule has 17 heavy (non-hydrogen) atoms. The van der Waals surface area contributed by atoms with Crippen LogP contribution in [0.15, 0.2) is 12.4 Å². The van der Waals surface area contributed by atoms with Gasteiger partial charge in [-0.2, -0.15) is 5.26 Å². The lowest BCUT2D eigenvalue weighted by atomic mass is 10.1. The Labute approximate surface area is 96.9 Å². The zero-order valence-corrected chi connectivity index (χ0v) is 8.80. The number of carbonyl (C=O) groups excluding carboxylic acids is 2. The number of nitriles is 1. The van der Waals surface area contributed by atoms with Gasteiger partial charge in [-0.25, -0.2) is 9.97 Å². The molecule has 1 atom stereocenters. The van der Waals surface area contributed by atoms with Gasteiger partial charge in [-0.3, -0.25) is 14.9 Å². The Hall–Kier alpha value is -2.49. The van der Waals surface area contributed by atoms with Gasteiger partial charge in [0.05, 0.1) is 0 Å². The predicted octanol–water partition coefficient (Wildman–Crippen LogP) is -0.435. The van der Waals surface area contributed by atoms with Crippen LogP contribution >= 0.6 is 0 Å². The topological polar surface area (TPSA) is 108 Å². The van der Waals surface area contributed by atoms with E-state index in [-0.39, 0.29) is 23.8 Å². The number of carbonyl (C=O) groups is 2. The van der Waals surface area contributed by atoms with E-state index in [1.165, 1.54) is 12.4 Å². The predicted molar refractivity (Wildman–Crippen MR) is 56.5 cm³/mol. The molecule has 0 aliphatic carbocycles. The zero-order valence-electron chi connectivity index (χ0n) is 8.80. The monoisotopic (exact) mass is 231 g/mol. The van der Waals surface area contributed by atoms with E-state index in [0.717, 1.165) is 0 Å². The lowest BCUT2D eigenvalue weighted by Crippen LogP contribution is -2.47. The first-order chi connectivity index (χ1) is 8.20. The number of imide groups is 1. The summed E-state index contributed by atoms with van der Waals surface area (Å²) < 4.78 is 0. The van der Waals surface area contributed by atoms with Crippen molar-refractivity contribution in [2.24, 2.45) is 0 Å². The Morgan fingerprint density at radius 2 is 2.18 bits per heavy atom. The molecule has 0 aromatic carbocycles.